The topological polar surface area (TPSA) is 15.3 Å². The third kappa shape index (κ3) is 5.12. The van der Waals surface area contributed by atoms with Crippen LogP contribution in [0.2, 0.25) is 10.0 Å². The van der Waals surface area contributed by atoms with Gasteiger partial charge in [0.2, 0.25) is 0 Å². The highest BCUT2D eigenvalue weighted by molar-refractivity contribution is 6.35. The van der Waals surface area contributed by atoms with Gasteiger partial charge in [-0.05, 0) is 31.6 Å². The summed E-state index contributed by atoms with van der Waals surface area (Å²) in [4.78, 5) is 2.40. The Morgan fingerprint density at radius 1 is 1.06 bits per heavy atom. The van der Waals surface area contributed by atoms with E-state index in [1.807, 2.05) is 18.2 Å². The zero-order chi connectivity index (χ0) is 11.4. The Morgan fingerprint density at radius 3 is 2.39 bits per heavy atom. The largest absolute Gasteiger partial charge is 0.315 e. The second kappa shape index (κ2) is 9.24. The van der Waals surface area contributed by atoms with Gasteiger partial charge in [-0.15, -0.1) is 24.8 Å². The highest BCUT2D eigenvalue weighted by Crippen LogP contribution is 2.25. The normalized spacial score (nSPS) is 16.3. The summed E-state index contributed by atoms with van der Waals surface area (Å²) in [5.41, 5.74) is 1.05. The van der Waals surface area contributed by atoms with Crippen LogP contribution in [0.15, 0.2) is 18.2 Å². The fourth-order valence-electron chi connectivity index (χ4n) is 1.97. The molecule has 0 saturated carbocycles. The molecule has 0 aliphatic carbocycles. The summed E-state index contributed by atoms with van der Waals surface area (Å²) in [7, 11) is 0. The van der Waals surface area contributed by atoms with E-state index in [0.29, 0.717) is 0 Å². The smallest absolute Gasteiger partial charge is 0.0465 e. The lowest BCUT2D eigenvalue weighted by Crippen LogP contribution is -2.27. The molecule has 0 radical (unpaired) electrons. The molecule has 0 aromatic heterocycles. The summed E-state index contributed by atoms with van der Waals surface area (Å²) < 4.78 is 0. The van der Waals surface area contributed by atoms with E-state index in [4.69, 9.17) is 23.2 Å². The maximum atomic E-state index is 6.16. The second-order valence-electron chi connectivity index (χ2n) is 4.08. The Balaban J connectivity index is 0.00000144. The van der Waals surface area contributed by atoms with E-state index in [1.165, 1.54) is 6.42 Å². The molecule has 0 bridgehead atoms. The Kier molecular flexibility index (Phi) is 9.40. The Labute approximate surface area is 131 Å². The predicted molar refractivity (Wildman–Crippen MR) is 83.7 cm³/mol. The summed E-state index contributed by atoms with van der Waals surface area (Å²) >= 11 is 12.3. The van der Waals surface area contributed by atoms with Crippen LogP contribution < -0.4 is 5.32 Å². The van der Waals surface area contributed by atoms with Gasteiger partial charge in [0, 0.05) is 35.2 Å². The molecule has 2 rings (SSSR count). The molecule has 1 aromatic carbocycles. The van der Waals surface area contributed by atoms with Crippen molar-refractivity contribution in [2.75, 3.05) is 26.2 Å². The lowest BCUT2D eigenvalue weighted by molar-refractivity contribution is 0.284. The summed E-state index contributed by atoms with van der Waals surface area (Å²) in [6, 6.07) is 5.69. The number of nitrogens with zero attached hydrogens (tertiary/aromatic N) is 1. The van der Waals surface area contributed by atoms with Crippen LogP contribution in [-0.2, 0) is 6.54 Å². The van der Waals surface area contributed by atoms with E-state index >= 15 is 0 Å². The van der Waals surface area contributed by atoms with Crippen LogP contribution in [0.1, 0.15) is 12.0 Å². The maximum absolute atomic E-state index is 6.16. The van der Waals surface area contributed by atoms with Gasteiger partial charge < -0.3 is 5.32 Å². The molecule has 18 heavy (non-hydrogen) atoms. The van der Waals surface area contributed by atoms with Crippen molar-refractivity contribution in [3.63, 3.8) is 0 Å². The SMILES string of the molecule is Cl.Cl.Clc1cccc(Cl)c1CN1CCCNCC1. The Morgan fingerprint density at radius 2 is 1.72 bits per heavy atom. The van der Waals surface area contributed by atoms with Gasteiger partial charge in [0.15, 0.2) is 0 Å². The number of hydrogen-bond donors (Lipinski definition) is 1. The van der Waals surface area contributed by atoms with Crippen LogP contribution >= 0.6 is 48.0 Å². The Hall–Kier alpha value is 0.300. The fourth-order valence-corrected chi connectivity index (χ4v) is 2.48. The van der Waals surface area contributed by atoms with E-state index in [9.17, 15) is 0 Å². The molecule has 1 heterocycles. The van der Waals surface area contributed by atoms with Gasteiger partial charge in [0.1, 0.15) is 0 Å². The summed E-state index contributed by atoms with van der Waals surface area (Å²) in [6.07, 6.45) is 1.18. The van der Waals surface area contributed by atoms with Gasteiger partial charge in [0.25, 0.3) is 0 Å². The molecule has 1 aliphatic heterocycles. The van der Waals surface area contributed by atoms with Crippen molar-refractivity contribution in [2.45, 2.75) is 13.0 Å². The van der Waals surface area contributed by atoms with Crippen LogP contribution in [-0.4, -0.2) is 31.1 Å². The number of halogens is 4. The fraction of sp³-hybridized carbons (Fsp3) is 0.500. The van der Waals surface area contributed by atoms with Gasteiger partial charge in [-0.2, -0.15) is 0 Å². The lowest BCUT2D eigenvalue weighted by atomic mass is 10.2. The van der Waals surface area contributed by atoms with E-state index < -0.39 is 0 Å². The number of nitrogens with one attached hydrogen (secondary N) is 1. The molecule has 6 heteroatoms. The summed E-state index contributed by atoms with van der Waals surface area (Å²) in [5, 5.41) is 4.92. The molecule has 1 aliphatic rings. The zero-order valence-corrected chi connectivity index (χ0v) is 13.1. The van der Waals surface area contributed by atoms with Crippen LogP contribution in [0.25, 0.3) is 0 Å². The van der Waals surface area contributed by atoms with Crippen molar-refractivity contribution in [2.24, 2.45) is 0 Å². The van der Waals surface area contributed by atoms with Crippen molar-refractivity contribution in [1.82, 2.24) is 10.2 Å². The molecular weight excluding hydrogens is 314 g/mol. The van der Waals surface area contributed by atoms with Crippen molar-refractivity contribution in [1.29, 1.82) is 0 Å². The molecule has 1 aromatic rings. The van der Waals surface area contributed by atoms with Gasteiger partial charge in [-0.1, -0.05) is 29.3 Å². The first kappa shape index (κ1) is 18.3. The van der Waals surface area contributed by atoms with Gasteiger partial charge in [0.05, 0.1) is 0 Å². The number of rotatable bonds is 2. The minimum absolute atomic E-state index is 0. The third-order valence-electron chi connectivity index (χ3n) is 2.88. The molecule has 0 spiro atoms. The van der Waals surface area contributed by atoms with E-state index in [-0.39, 0.29) is 24.8 Å². The molecule has 1 N–H and O–H groups in total. The van der Waals surface area contributed by atoms with Crippen LogP contribution in [0.5, 0.6) is 0 Å². The molecule has 1 saturated heterocycles. The minimum atomic E-state index is 0. The van der Waals surface area contributed by atoms with Crippen molar-refractivity contribution in [3.05, 3.63) is 33.8 Å². The molecule has 1 fully saturated rings. The van der Waals surface area contributed by atoms with E-state index in [2.05, 4.69) is 10.2 Å². The Bertz CT molecular complexity index is 332. The predicted octanol–water partition coefficient (Wildman–Crippen LogP) is 3.63. The minimum Gasteiger partial charge on any atom is -0.315 e. The lowest BCUT2D eigenvalue weighted by Gasteiger charge is -2.20. The average Bonchev–Trinajstić information content (AvgIpc) is 2.52. The first-order valence-corrected chi connectivity index (χ1v) is 6.39. The summed E-state index contributed by atoms with van der Waals surface area (Å²) in [6.45, 7) is 5.16. The monoisotopic (exact) mass is 330 g/mol. The first-order chi connectivity index (χ1) is 7.77. The number of benzene rings is 1. The standard InChI is InChI=1S/C12H16Cl2N2.2ClH/c13-11-3-1-4-12(14)10(11)9-16-7-2-5-15-6-8-16;;/h1,3-4,15H,2,5-9H2;2*1H. The van der Waals surface area contributed by atoms with Gasteiger partial charge in [-0.3, -0.25) is 4.90 Å². The van der Waals surface area contributed by atoms with Gasteiger partial charge in [-0.25, -0.2) is 0 Å². The molecule has 0 amide bonds. The highest BCUT2D eigenvalue weighted by atomic mass is 35.5. The quantitative estimate of drug-likeness (QED) is 0.890. The third-order valence-corrected chi connectivity index (χ3v) is 3.58. The summed E-state index contributed by atoms with van der Waals surface area (Å²) in [5.74, 6) is 0. The second-order valence-corrected chi connectivity index (χ2v) is 4.89. The zero-order valence-electron chi connectivity index (χ0n) is 9.99. The number of hydrogen-bond acceptors (Lipinski definition) is 2. The molecule has 0 unspecified atom stereocenters. The van der Waals surface area contributed by atoms with Crippen molar-refractivity contribution < 1.29 is 0 Å². The average molecular weight is 332 g/mol. The highest BCUT2D eigenvalue weighted by Gasteiger charge is 2.12. The maximum Gasteiger partial charge on any atom is 0.0465 e. The molecule has 104 valence electrons. The van der Waals surface area contributed by atoms with Crippen molar-refractivity contribution in [3.8, 4) is 0 Å². The van der Waals surface area contributed by atoms with Crippen LogP contribution in [0.3, 0.4) is 0 Å². The molecule has 0 atom stereocenters. The van der Waals surface area contributed by atoms with Crippen LogP contribution in [0, 0.1) is 0 Å². The van der Waals surface area contributed by atoms with E-state index in [1.54, 1.807) is 0 Å². The molecular formula is C12H18Cl4N2. The first-order valence-electron chi connectivity index (χ1n) is 5.63. The van der Waals surface area contributed by atoms with Crippen LogP contribution in [0.4, 0.5) is 0 Å². The van der Waals surface area contributed by atoms with E-state index in [0.717, 1.165) is 48.3 Å². The molecule has 2 nitrogen and oxygen atoms in total. The van der Waals surface area contributed by atoms with Crippen molar-refractivity contribution >= 4 is 48.0 Å². The van der Waals surface area contributed by atoms with Gasteiger partial charge >= 0.3 is 0 Å².